The first-order valence-electron chi connectivity index (χ1n) is 7.00. The number of rotatable bonds is 4. The predicted molar refractivity (Wildman–Crippen MR) is 91.1 cm³/mol. The fourth-order valence-corrected chi connectivity index (χ4v) is 2.97. The summed E-state index contributed by atoms with van der Waals surface area (Å²) in [6.07, 6.45) is 2.78. The number of nitro groups is 1. The van der Waals surface area contributed by atoms with Crippen molar-refractivity contribution >= 4 is 39.9 Å². The molecule has 1 amide bonds. The summed E-state index contributed by atoms with van der Waals surface area (Å²) in [5, 5.41) is 17.5. The molecule has 0 bridgehead atoms. The van der Waals surface area contributed by atoms with Crippen LogP contribution in [0.15, 0.2) is 30.3 Å². The third kappa shape index (κ3) is 3.15. The lowest BCUT2D eigenvalue weighted by atomic mass is 10.2. The summed E-state index contributed by atoms with van der Waals surface area (Å²) in [4.78, 5) is 28.3. The van der Waals surface area contributed by atoms with Crippen LogP contribution in [0.25, 0.3) is 11.0 Å². The van der Waals surface area contributed by atoms with Crippen molar-refractivity contribution in [3.63, 3.8) is 0 Å². The highest BCUT2D eigenvalue weighted by Gasteiger charge is 2.11. The highest BCUT2D eigenvalue weighted by molar-refractivity contribution is 7.17. The molecular weight excluding hydrogens is 330 g/mol. The first-order valence-corrected chi connectivity index (χ1v) is 7.82. The molecule has 0 fully saturated rings. The van der Waals surface area contributed by atoms with Crippen molar-refractivity contribution in [1.82, 2.24) is 14.6 Å². The number of amides is 1. The maximum absolute atomic E-state index is 11.9. The van der Waals surface area contributed by atoms with Gasteiger partial charge in [0.25, 0.3) is 17.5 Å². The molecule has 1 aromatic carbocycles. The van der Waals surface area contributed by atoms with Crippen LogP contribution in [-0.2, 0) is 4.79 Å². The zero-order valence-electron chi connectivity index (χ0n) is 12.9. The van der Waals surface area contributed by atoms with E-state index in [0.717, 1.165) is 10.6 Å². The van der Waals surface area contributed by atoms with E-state index >= 15 is 0 Å². The maximum atomic E-state index is 11.9. The Balaban J connectivity index is 1.72. The van der Waals surface area contributed by atoms with Gasteiger partial charge in [-0.05, 0) is 25.5 Å². The first-order chi connectivity index (χ1) is 11.4. The van der Waals surface area contributed by atoms with E-state index < -0.39 is 10.8 Å². The molecule has 3 aromatic rings. The minimum Gasteiger partial charge on any atom is -0.290 e. The highest BCUT2D eigenvalue weighted by Crippen LogP contribution is 2.21. The van der Waals surface area contributed by atoms with E-state index in [2.05, 4.69) is 15.4 Å². The number of benzene rings is 1. The van der Waals surface area contributed by atoms with Gasteiger partial charge in [0.05, 0.1) is 10.6 Å². The quantitative estimate of drug-likeness (QED) is 0.446. The Labute approximate surface area is 140 Å². The molecule has 0 aliphatic carbocycles. The van der Waals surface area contributed by atoms with Crippen LogP contribution in [0.2, 0.25) is 0 Å². The van der Waals surface area contributed by atoms with E-state index in [-0.39, 0.29) is 11.6 Å². The molecule has 0 aliphatic heterocycles. The lowest BCUT2D eigenvalue weighted by Gasteiger charge is -1.96. The number of nitro benzene ring substituents is 1. The molecule has 122 valence electrons. The number of anilines is 1. The Kier molecular flexibility index (Phi) is 4.09. The van der Waals surface area contributed by atoms with Gasteiger partial charge >= 0.3 is 0 Å². The minimum absolute atomic E-state index is 0.0283. The van der Waals surface area contributed by atoms with Crippen LogP contribution in [-0.4, -0.2) is 25.4 Å². The number of carbonyl (C=O) groups excluding carboxylic acids is 1. The molecule has 24 heavy (non-hydrogen) atoms. The number of nitrogens with zero attached hydrogens (tertiary/aromatic N) is 4. The molecule has 2 heterocycles. The van der Waals surface area contributed by atoms with Gasteiger partial charge in [0, 0.05) is 23.1 Å². The van der Waals surface area contributed by atoms with Gasteiger partial charge in [-0.1, -0.05) is 23.5 Å². The van der Waals surface area contributed by atoms with Gasteiger partial charge < -0.3 is 0 Å². The number of aryl methyl sites for hydroxylation is 2. The zero-order valence-corrected chi connectivity index (χ0v) is 13.7. The van der Waals surface area contributed by atoms with Gasteiger partial charge in [0.2, 0.25) is 4.96 Å². The second-order valence-electron chi connectivity index (χ2n) is 5.05. The second kappa shape index (κ2) is 6.20. The van der Waals surface area contributed by atoms with Crippen LogP contribution < -0.4 is 5.32 Å². The summed E-state index contributed by atoms with van der Waals surface area (Å²) in [6.45, 7) is 3.91. The van der Waals surface area contributed by atoms with Crippen LogP contribution in [0.5, 0.6) is 0 Å². The summed E-state index contributed by atoms with van der Waals surface area (Å²) in [6, 6.07) is 6.02. The van der Waals surface area contributed by atoms with E-state index in [1.165, 1.54) is 35.6 Å². The van der Waals surface area contributed by atoms with Crippen molar-refractivity contribution in [2.45, 2.75) is 13.8 Å². The predicted octanol–water partition coefficient (Wildman–Crippen LogP) is 2.97. The Morgan fingerprint density at radius 1 is 1.42 bits per heavy atom. The van der Waals surface area contributed by atoms with Crippen molar-refractivity contribution in [3.8, 4) is 0 Å². The van der Waals surface area contributed by atoms with Crippen molar-refractivity contribution in [3.05, 3.63) is 56.6 Å². The van der Waals surface area contributed by atoms with Crippen molar-refractivity contribution in [2.75, 3.05) is 5.32 Å². The topological polar surface area (TPSA) is 102 Å². The number of nitrogens with one attached hydrogen (secondary N) is 1. The molecule has 0 unspecified atom stereocenters. The van der Waals surface area contributed by atoms with Crippen molar-refractivity contribution in [1.29, 1.82) is 0 Å². The zero-order chi connectivity index (χ0) is 17.3. The van der Waals surface area contributed by atoms with Crippen molar-refractivity contribution in [2.24, 2.45) is 0 Å². The molecule has 0 saturated heterocycles. The summed E-state index contributed by atoms with van der Waals surface area (Å²) >= 11 is 1.50. The first kappa shape index (κ1) is 15.8. The van der Waals surface area contributed by atoms with Crippen LogP contribution in [0, 0.1) is 24.0 Å². The number of non-ortho nitro benzene ring substituents is 1. The van der Waals surface area contributed by atoms with Gasteiger partial charge in [-0.15, -0.1) is 5.10 Å². The molecule has 0 radical (unpaired) electrons. The van der Waals surface area contributed by atoms with Crippen LogP contribution >= 0.6 is 11.3 Å². The average molecular weight is 343 g/mol. The highest BCUT2D eigenvalue weighted by atomic mass is 32.1. The molecule has 2 aromatic heterocycles. The Hall–Kier alpha value is -3.07. The molecule has 0 atom stereocenters. The number of thiazole rings is 1. The number of carbonyl (C=O) groups is 1. The third-order valence-electron chi connectivity index (χ3n) is 3.39. The largest absolute Gasteiger partial charge is 0.290 e. The summed E-state index contributed by atoms with van der Waals surface area (Å²) in [5.74, 6) is -0.188. The normalized spacial score (nSPS) is 11.2. The van der Waals surface area contributed by atoms with E-state index in [4.69, 9.17) is 0 Å². The molecule has 3 rings (SSSR count). The van der Waals surface area contributed by atoms with E-state index in [0.29, 0.717) is 10.5 Å². The number of hydrogen-bond donors (Lipinski definition) is 1. The number of fused-ring (bicyclic) bond motifs is 1. The Morgan fingerprint density at radius 2 is 2.21 bits per heavy atom. The average Bonchev–Trinajstić information content (AvgIpc) is 3.05. The summed E-state index contributed by atoms with van der Waals surface area (Å²) in [7, 11) is 0. The summed E-state index contributed by atoms with van der Waals surface area (Å²) in [5.41, 5.74) is 1.51. The number of aromatic nitrogens is 3. The fourth-order valence-electron chi connectivity index (χ4n) is 2.06. The Bertz CT molecular complexity index is 973. The Morgan fingerprint density at radius 3 is 2.92 bits per heavy atom. The van der Waals surface area contributed by atoms with Crippen LogP contribution in [0.4, 0.5) is 11.6 Å². The smallest absolute Gasteiger partial charge is 0.270 e. The standard InChI is InChI=1S/C15H13N5O3S/c1-9-10(2)24-15-17-14(18-19(9)15)16-13(21)7-6-11-4-3-5-12(8-11)20(22)23/h3-8H,1-2H3,(H,16,18,21)/b7-6+. The van der Waals surface area contributed by atoms with E-state index in [1.54, 1.807) is 16.6 Å². The van der Waals surface area contributed by atoms with Crippen LogP contribution in [0.1, 0.15) is 16.1 Å². The molecule has 8 nitrogen and oxygen atoms in total. The SMILES string of the molecule is Cc1sc2nc(NC(=O)/C=C/c3cccc([N+](=O)[O-])c3)nn2c1C. The van der Waals surface area contributed by atoms with Gasteiger partial charge in [0.15, 0.2) is 0 Å². The summed E-state index contributed by atoms with van der Waals surface area (Å²) < 4.78 is 1.68. The lowest BCUT2D eigenvalue weighted by molar-refractivity contribution is -0.384. The van der Waals surface area contributed by atoms with Gasteiger partial charge in [-0.25, -0.2) is 4.52 Å². The molecule has 1 N–H and O–H groups in total. The van der Waals surface area contributed by atoms with E-state index in [9.17, 15) is 14.9 Å². The lowest BCUT2D eigenvalue weighted by Crippen LogP contribution is -2.09. The van der Waals surface area contributed by atoms with Crippen LogP contribution in [0.3, 0.4) is 0 Å². The minimum atomic E-state index is -0.483. The van der Waals surface area contributed by atoms with Crippen molar-refractivity contribution < 1.29 is 9.72 Å². The second-order valence-corrected chi connectivity index (χ2v) is 6.23. The number of hydrogen-bond acceptors (Lipinski definition) is 6. The molecule has 0 aliphatic rings. The maximum Gasteiger partial charge on any atom is 0.270 e. The van der Waals surface area contributed by atoms with Gasteiger partial charge in [-0.2, -0.15) is 4.98 Å². The third-order valence-corrected chi connectivity index (χ3v) is 4.44. The van der Waals surface area contributed by atoms with E-state index in [1.807, 2.05) is 13.8 Å². The molecule has 0 spiro atoms. The molecule has 0 saturated carbocycles. The monoisotopic (exact) mass is 343 g/mol. The molecule has 9 heteroatoms. The van der Waals surface area contributed by atoms with Gasteiger partial charge in [-0.3, -0.25) is 20.2 Å². The molecular formula is C15H13N5O3S. The van der Waals surface area contributed by atoms with Gasteiger partial charge in [0.1, 0.15) is 0 Å². The fraction of sp³-hybridized carbons (Fsp3) is 0.133.